The van der Waals surface area contributed by atoms with Crippen LogP contribution in [0.5, 0.6) is 5.88 Å². The van der Waals surface area contributed by atoms with E-state index in [9.17, 15) is 0 Å². The highest BCUT2D eigenvalue weighted by Crippen LogP contribution is 2.22. The Kier molecular flexibility index (Phi) is 3.85. The van der Waals surface area contributed by atoms with Crippen molar-refractivity contribution in [3.05, 3.63) is 24.5 Å². The lowest BCUT2D eigenvalue weighted by Crippen LogP contribution is -2.22. The Bertz CT molecular complexity index is 564. The third-order valence-corrected chi connectivity index (χ3v) is 2.48. The van der Waals surface area contributed by atoms with E-state index in [1.165, 1.54) is 6.33 Å². The van der Waals surface area contributed by atoms with Gasteiger partial charge in [-0.1, -0.05) is 0 Å². The third-order valence-electron chi connectivity index (χ3n) is 2.48. The quantitative estimate of drug-likeness (QED) is 0.676. The lowest BCUT2D eigenvalue weighted by molar-refractivity contribution is -0.0166. The van der Waals surface area contributed by atoms with Crippen LogP contribution in [0.3, 0.4) is 0 Å². The summed E-state index contributed by atoms with van der Waals surface area (Å²) in [5.41, 5.74) is 7.01. The number of anilines is 1. The molecule has 0 radical (unpaired) electrons. The fourth-order valence-electron chi connectivity index (χ4n) is 1.65. The van der Waals surface area contributed by atoms with E-state index in [0.717, 1.165) is 10.9 Å². The summed E-state index contributed by atoms with van der Waals surface area (Å²) in [7, 11) is 0. The molecule has 2 aromatic rings. The summed E-state index contributed by atoms with van der Waals surface area (Å²) in [4.78, 5) is 8.31. The molecule has 0 atom stereocenters. The zero-order valence-corrected chi connectivity index (χ0v) is 11.5. The zero-order valence-electron chi connectivity index (χ0n) is 11.5. The maximum Gasteiger partial charge on any atom is 0.224 e. The molecular weight excluding hydrogens is 242 g/mol. The summed E-state index contributed by atoms with van der Waals surface area (Å²) in [5, 5.41) is 0.854. The van der Waals surface area contributed by atoms with Crippen molar-refractivity contribution in [2.24, 2.45) is 0 Å². The second kappa shape index (κ2) is 5.40. The van der Waals surface area contributed by atoms with Crippen LogP contribution in [0.25, 0.3) is 10.9 Å². The first kappa shape index (κ1) is 13.5. The van der Waals surface area contributed by atoms with Crippen LogP contribution < -0.4 is 10.5 Å². The van der Waals surface area contributed by atoms with E-state index in [-0.39, 0.29) is 5.60 Å². The van der Waals surface area contributed by atoms with Crippen LogP contribution in [0.1, 0.15) is 20.8 Å². The molecule has 2 N–H and O–H groups in total. The summed E-state index contributed by atoms with van der Waals surface area (Å²) in [6, 6.07) is 5.48. The van der Waals surface area contributed by atoms with Gasteiger partial charge in [-0.05, 0) is 39.0 Å². The molecule has 0 bridgehead atoms. The molecule has 0 aliphatic carbocycles. The topological polar surface area (TPSA) is 70.3 Å². The van der Waals surface area contributed by atoms with Crippen LogP contribution >= 0.6 is 0 Å². The largest absolute Gasteiger partial charge is 0.475 e. The molecule has 0 fully saturated rings. The lowest BCUT2D eigenvalue weighted by atomic mass is 10.2. The zero-order chi connectivity index (χ0) is 13.9. The first-order valence-corrected chi connectivity index (χ1v) is 6.23. The fraction of sp³-hybridized carbons (Fsp3) is 0.429. The van der Waals surface area contributed by atoms with E-state index >= 15 is 0 Å². The van der Waals surface area contributed by atoms with Gasteiger partial charge in [0.15, 0.2) is 0 Å². The van der Waals surface area contributed by atoms with Gasteiger partial charge in [0, 0.05) is 5.69 Å². The minimum atomic E-state index is -0.161. The number of hydrogen-bond donors (Lipinski definition) is 1. The highest BCUT2D eigenvalue weighted by atomic mass is 16.5. The van der Waals surface area contributed by atoms with Gasteiger partial charge in [0.05, 0.1) is 23.1 Å². The highest BCUT2D eigenvalue weighted by Gasteiger charge is 2.10. The summed E-state index contributed by atoms with van der Waals surface area (Å²) < 4.78 is 11.2. The van der Waals surface area contributed by atoms with Gasteiger partial charge in [-0.15, -0.1) is 0 Å². The minimum Gasteiger partial charge on any atom is -0.475 e. The first-order chi connectivity index (χ1) is 8.96. The molecule has 102 valence electrons. The average molecular weight is 261 g/mol. The number of benzene rings is 1. The number of nitrogens with zero attached hydrogens (tertiary/aromatic N) is 2. The Labute approximate surface area is 112 Å². The van der Waals surface area contributed by atoms with Crippen molar-refractivity contribution < 1.29 is 9.47 Å². The molecule has 1 aromatic carbocycles. The Morgan fingerprint density at radius 3 is 2.68 bits per heavy atom. The number of nitrogen functional groups attached to an aromatic ring is 1. The predicted molar refractivity (Wildman–Crippen MR) is 75.2 cm³/mol. The van der Waals surface area contributed by atoms with Gasteiger partial charge in [-0.2, -0.15) is 0 Å². The molecule has 1 aromatic heterocycles. The van der Waals surface area contributed by atoms with Crippen molar-refractivity contribution >= 4 is 16.6 Å². The Morgan fingerprint density at radius 1 is 1.16 bits per heavy atom. The van der Waals surface area contributed by atoms with Crippen LogP contribution in [0.15, 0.2) is 24.5 Å². The summed E-state index contributed by atoms with van der Waals surface area (Å²) in [5.74, 6) is 0.558. The summed E-state index contributed by atoms with van der Waals surface area (Å²) in [6.45, 7) is 7.00. The monoisotopic (exact) mass is 261 g/mol. The van der Waals surface area contributed by atoms with E-state index in [4.69, 9.17) is 15.2 Å². The van der Waals surface area contributed by atoms with Gasteiger partial charge >= 0.3 is 0 Å². The molecule has 2 rings (SSSR count). The molecule has 0 unspecified atom stereocenters. The Hall–Kier alpha value is -1.88. The van der Waals surface area contributed by atoms with Crippen molar-refractivity contribution in [1.82, 2.24) is 9.97 Å². The molecule has 0 spiro atoms. The third kappa shape index (κ3) is 3.79. The van der Waals surface area contributed by atoms with E-state index in [1.54, 1.807) is 6.07 Å². The highest BCUT2D eigenvalue weighted by molar-refractivity contribution is 5.85. The molecule has 1 heterocycles. The van der Waals surface area contributed by atoms with Crippen molar-refractivity contribution in [2.75, 3.05) is 18.9 Å². The van der Waals surface area contributed by atoms with E-state index in [1.807, 2.05) is 32.9 Å². The van der Waals surface area contributed by atoms with Crippen molar-refractivity contribution in [3.8, 4) is 5.88 Å². The maximum absolute atomic E-state index is 5.72. The number of fused-ring (bicyclic) bond motifs is 1. The van der Waals surface area contributed by atoms with Crippen molar-refractivity contribution in [2.45, 2.75) is 26.4 Å². The van der Waals surface area contributed by atoms with Gasteiger partial charge in [0.1, 0.15) is 12.9 Å². The lowest BCUT2D eigenvalue weighted by Gasteiger charge is -2.19. The number of ether oxygens (including phenoxy) is 2. The number of aromatic nitrogens is 2. The molecule has 5 heteroatoms. The molecule has 0 amide bonds. The fourth-order valence-corrected chi connectivity index (χ4v) is 1.65. The molecule has 0 saturated heterocycles. The van der Waals surface area contributed by atoms with Crippen LogP contribution in [0.4, 0.5) is 5.69 Å². The molecular formula is C14H19N3O2. The van der Waals surface area contributed by atoms with Crippen molar-refractivity contribution in [1.29, 1.82) is 0 Å². The van der Waals surface area contributed by atoms with E-state index in [0.29, 0.717) is 24.8 Å². The van der Waals surface area contributed by atoms with E-state index < -0.39 is 0 Å². The van der Waals surface area contributed by atoms with E-state index in [2.05, 4.69) is 9.97 Å². The SMILES string of the molecule is CC(C)(C)OCCOc1ncnc2cc(N)ccc12. The van der Waals surface area contributed by atoms with Gasteiger partial charge in [0.25, 0.3) is 0 Å². The smallest absolute Gasteiger partial charge is 0.224 e. The van der Waals surface area contributed by atoms with Gasteiger partial charge < -0.3 is 15.2 Å². The minimum absolute atomic E-state index is 0.161. The van der Waals surface area contributed by atoms with Crippen LogP contribution in [-0.4, -0.2) is 28.8 Å². The maximum atomic E-state index is 5.72. The summed E-state index contributed by atoms with van der Waals surface area (Å²) in [6.07, 6.45) is 1.47. The average Bonchev–Trinajstić information content (AvgIpc) is 2.33. The first-order valence-electron chi connectivity index (χ1n) is 6.23. The second-order valence-corrected chi connectivity index (χ2v) is 5.26. The van der Waals surface area contributed by atoms with Gasteiger partial charge in [-0.3, -0.25) is 0 Å². The number of nitrogens with two attached hydrogens (primary N) is 1. The standard InChI is InChI=1S/C14H19N3O2/c1-14(2,3)19-7-6-18-13-11-5-4-10(15)8-12(11)16-9-17-13/h4-5,8-9H,6-7,15H2,1-3H3. The molecule has 0 aliphatic heterocycles. The van der Waals surface area contributed by atoms with Crippen LogP contribution in [-0.2, 0) is 4.74 Å². The molecule has 0 saturated carbocycles. The second-order valence-electron chi connectivity index (χ2n) is 5.26. The van der Waals surface area contributed by atoms with Crippen LogP contribution in [0, 0.1) is 0 Å². The molecule has 19 heavy (non-hydrogen) atoms. The number of hydrogen-bond acceptors (Lipinski definition) is 5. The summed E-state index contributed by atoms with van der Waals surface area (Å²) >= 11 is 0. The van der Waals surface area contributed by atoms with Crippen LogP contribution in [0.2, 0.25) is 0 Å². The predicted octanol–water partition coefficient (Wildman–Crippen LogP) is 2.41. The Morgan fingerprint density at radius 2 is 1.95 bits per heavy atom. The normalized spacial score (nSPS) is 11.7. The Balaban J connectivity index is 2.05. The van der Waals surface area contributed by atoms with Gasteiger partial charge in [-0.25, -0.2) is 9.97 Å². The van der Waals surface area contributed by atoms with Gasteiger partial charge in [0.2, 0.25) is 5.88 Å². The van der Waals surface area contributed by atoms with Crippen molar-refractivity contribution in [3.63, 3.8) is 0 Å². The molecule has 0 aliphatic rings. The number of rotatable bonds is 4. The molecule has 5 nitrogen and oxygen atoms in total.